The highest BCUT2D eigenvalue weighted by molar-refractivity contribution is 7.79. The Bertz CT molecular complexity index is 1300. The Morgan fingerprint density at radius 1 is 0.647 bits per heavy atom. The summed E-state index contributed by atoms with van der Waals surface area (Å²) in [5.74, 6) is 0.238. The Kier molecular flexibility index (Phi) is 10.3. The highest BCUT2D eigenvalue weighted by Crippen LogP contribution is 2.45. The molecule has 0 saturated carbocycles. The molecule has 0 amide bonds. The van der Waals surface area contributed by atoms with Crippen molar-refractivity contribution < 1.29 is 22.6 Å². The molecule has 0 radical (unpaired) electrons. The third-order valence-corrected chi connectivity index (χ3v) is 4.76. The first kappa shape index (κ1) is 28.2. The van der Waals surface area contributed by atoms with E-state index in [0.717, 1.165) is 38.9 Å². The van der Waals surface area contributed by atoms with Gasteiger partial charge in [-0.25, -0.2) is 0 Å². The molecule has 4 aromatic carbocycles. The summed E-state index contributed by atoms with van der Waals surface area (Å²) < 4.78 is 31.6. The Hall–Kier alpha value is -3.79. The Morgan fingerprint density at radius 2 is 1.00 bits per heavy atom. The van der Waals surface area contributed by atoms with Crippen LogP contribution in [0.3, 0.4) is 0 Å². The maximum atomic E-state index is 10.8. The third kappa shape index (κ3) is 7.11. The molecule has 0 aromatic heterocycles. The van der Waals surface area contributed by atoms with E-state index in [1.807, 2.05) is 60.7 Å². The summed E-state index contributed by atoms with van der Waals surface area (Å²) in [5, 5.41) is 10.8. The largest absolute Gasteiger partial charge is 0.507 e. The van der Waals surface area contributed by atoms with E-state index in [9.17, 15) is 5.11 Å². The average molecular weight is 481 g/mol. The number of hydrogen-bond acceptors (Lipinski definition) is 5. The van der Waals surface area contributed by atoms with Crippen LogP contribution in [0, 0.1) is 0 Å². The second-order valence-electron chi connectivity index (χ2n) is 6.86. The summed E-state index contributed by atoms with van der Waals surface area (Å²) in [6.07, 6.45) is 1.74. The first-order chi connectivity index (χ1) is 15.3. The Labute approximate surface area is 199 Å². The Morgan fingerprint density at radius 3 is 1.38 bits per heavy atom. The number of aromatic hydroxyl groups is 1. The monoisotopic (exact) mass is 480 g/mol. The first-order valence-electron chi connectivity index (χ1n) is 9.68. The van der Waals surface area contributed by atoms with Gasteiger partial charge in [-0.05, 0) is 33.9 Å². The van der Waals surface area contributed by atoms with Crippen molar-refractivity contribution in [3.8, 4) is 39.1 Å². The van der Waals surface area contributed by atoms with Crippen LogP contribution in [-0.4, -0.2) is 22.6 Å². The highest BCUT2D eigenvalue weighted by Gasteiger charge is 2.19. The normalized spacial score (nSPS) is 10.1. The van der Waals surface area contributed by atoms with Crippen LogP contribution in [0.1, 0.15) is 5.56 Å². The van der Waals surface area contributed by atoms with E-state index in [-0.39, 0.29) is 18.1 Å². The molecule has 0 heterocycles. The maximum Gasteiger partial charge on any atom is 0.394 e. The summed E-state index contributed by atoms with van der Waals surface area (Å²) in [6.45, 7) is 3.96. The molecule has 34 heavy (non-hydrogen) atoms. The van der Waals surface area contributed by atoms with Gasteiger partial charge in [-0.15, -0.1) is 0 Å². The molecule has 4 aromatic rings. The van der Waals surface area contributed by atoms with Gasteiger partial charge < -0.3 is 17.4 Å². The van der Waals surface area contributed by atoms with Gasteiger partial charge in [0.1, 0.15) is 5.75 Å². The van der Waals surface area contributed by atoms with Crippen molar-refractivity contribution in [2.24, 2.45) is 0 Å². The topological polar surface area (TPSA) is 165 Å². The van der Waals surface area contributed by atoms with Gasteiger partial charge >= 0.3 is 10.4 Å². The SMILES string of the molecule is C=Cc1c(O)cc(-c2ccccc2)c(-c2ccccc2)c1-c1ccccc1.N.N.O=S(=O)(O)O. The van der Waals surface area contributed by atoms with Gasteiger partial charge in [0.25, 0.3) is 0 Å². The van der Waals surface area contributed by atoms with Crippen LogP contribution in [-0.2, 0) is 10.4 Å². The van der Waals surface area contributed by atoms with Crippen LogP contribution >= 0.6 is 0 Å². The molecule has 0 fully saturated rings. The number of hydrogen-bond donors (Lipinski definition) is 5. The lowest BCUT2D eigenvalue weighted by molar-refractivity contribution is 0.381. The molecule has 178 valence electrons. The van der Waals surface area contributed by atoms with Crippen molar-refractivity contribution in [2.75, 3.05) is 0 Å². The van der Waals surface area contributed by atoms with Gasteiger partial charge in [-0.2, -0.15) is 8.42 Å². The van der Waals surface area contributed by atoms with Crippen molar-refractivity contribution in [3.63, 3.8) is 0 Å². The summed E-state index contributed by atoms with van der Waals surface area (Å²) >= 11 is 0. The fraction of sp³-hybridized carbons (Fsp3) is 0. The van der Waals surface area contributed by atoms with Crippen LogP contribution < -0.4 is 12.3 Å². The number of phenolic OH excluding ortho intramolecular Hbond substituents is 1. The van der Waals surface area contributed by atoms with Gasteiger partial charge in [0.05, 0.1) is 0 Å². The molecule has 0 aliphatic heterocycles. The van der Waals surface area contributed by atoms with Crippen molar-refractivity contribution in [2.45, 2.75) is 0 Å². The lowest BCUT2D eigenvalue weighted by Crippen LogP contribution is -1.94. The summed E-state index contributed by atoms with van der Waals surface area (Å²) in [4.78, 5) is 0. The van der Waals surface area contributed by atoms with Gasteiger partial charge in [0.15, 0.2) is 0 Å². The van der Waals surface area contributed by atoms with E-state index < -0.39 is 10.4 Å². The van der Waals surface area contributed by atoms with Crippen LogP contribution in [0.15, 0.2) is 104 Å². The van der Waals surface area contributed by atoms with E-state index >= 15 is 0 Å². The van der Waals surface area contributed by atoms with E-state index in [4.69, 9.17) is 17.5 Å². The van der Waals surface area contributed by atoms with E-state index in [2.05, 4.69) is 43.0 Å². The van der Waals surface area contributed by atoms with Gasteiger partial charge in [-0.3, -0.25) is 9.11 Å². The minimum absolute atomic E-state index is 0. The molecular formula is C26H28N2O5S. The van der Waals surface area contributed by atoms with E-state index in [0.29, 0.717) is 0 Å². The molecule has 0 saturated heterocycles. The zero-order valence-corrected chi connectivity index (χ0v) is 19.3. The molecular weight excluding hydrogens is 452 g/mol. The Balaban J connectivity index is 0.000000752. The lowest BCUT2D eigenvalue weighted by Gasteiger charge is -2.20. The number of phenols is 1. The fourth-order valence-corrected chi connectivity index (χ4v) is 3.55. The lowest BCUT2D eigenvalue weighted by atomic mass is 9.84. The van der Waals surface area contributed by atoms with Gasteiger partial charge in [-0.1, -0.05) is 104 Å². The maximum absolute atomic E-state index is 10.8. The smallest absolute Gasteiger partial charge is 0.394 e. The predicted octanol–water partition coefficient (Wildman–Crippen LogP) is 6.71. The molecule has 0 aliphatic carbocycles. The van der Waals surface area contributed by atoms with Crippen LogP contribution in [0.4, 0.5) is 0 Å². The molecule has 0 aliphatic rings. The summed E-state index contributed by atoms with van der Waals surface area (Å²) in [6, 6.07) is 32.5. The number of benzene rings is 4. The molecule has 0 bridgehead atoms. The first-order valence-corrected chi connectivity index (χ1v) is 11.1. The molecule has 9 N–H and O–H groups in total. The van der Waals surface area contributed by atoms with Gasteiger partial charge in [0, 0.05) is 11.1 Å². The quantitative estimate of drug-likeness (QED) is 0.202. The highest BCUT2D eigenvalue weighted by atomic mass is 32.3. The number of rotatable bonds is 4. The third-order valence-electron chi connectivity index (χ3n) is 4.76. The van der Waals surface area contributed by atoms with Crippen molar-refractivity contribution in [1.82, 2.24) is 12.3 Å². The second-order valence-corrected chi connectivity index (χ2v) is 7.75. The minimum Gasteiger partial charge on any atom is -0.507 e. The van der Waals surface area contributed by atoms with E-state index in [1.54, 1.807) is 6.08 Å². The molecule has 8 heteroatoms. The van der Waals surface area contributed by atoms with E-state index in [1.165, 1.54) is 0 Å². The molecule has 0 unspecified atom stereocenters. The van der Waals surface area contributed by atoms with Crippen LogP contribution in [0.2, 0.25) is 0 Å². The molecule has 4 rings (SSSR count). The van der Waals surface area contributed by atoms with Crippen molar-refractivity contribution in [3.05, 3.63) is 109 Å². The zero-order chi connectivity index (χ0) is 23.1. The fourth-order valence-electron chi connectivity index (χ4n) is 3.55. The molecule has 0 atom stereocenters. The van der Waals surface area contributed by atoms with Gasteiger partial charge in [0.2, 0.25) is 0 Å². The standard InChI is InChI=1S/C26H20O.2H3N.H2O4S/c1-2-22-24(27)18-23(19-12-6-3-7-13-19)26(21-16-10-5-11-17-21)25(22)20-14-8-4-9-15-20;;;1-5(2,3)4/h2-18,27H,1H2;2*1H3;(H2,1,2,3,4). The predicted molar refractivity (Wildman–Crippen MR) is 139 cm³/mol. The average Bonchev–Trinajstić information content (AvgIpc) is 2.79. The minimum atomic E-state index is -4.67. The van der Waals surface area contributed by atoms with Crippen molar-refractivity contribution >= 4 is 16.5 Å². The van der Waals surface area contributed by atoms with Crippen LogP contribution in [0.25, 0.3) is 39.5 Å². The second kappa shape index (κ2) is 12.4. The van der Waals surface area contributed by atoms with Crippen molar-refractivity contribution in [1.29, 1.82) is 0 Å². The summed E-state index contributed by atoms with van der Waals surface area (Å²) in [7, 11) is -4.67. The molecule has 0 spiro atoms. The van der Waals surface area contributed by atoms with Crippen LogP contribution in [0.5, 0.6) is 5.75 Å². The summed E-state index contributed by atoms with van der Waals surface area (Å²) in [5.41, 5.74) is 7.08. The molecule has 7 nitrogen and oxygen atoms in total. The zero-order valence-electron chi connectivity index (χ0n) is 18.5.